The lowest BCUT2D eigenvalue weighted by molar-refractivity contribution is 0.669. The Labute approximate surface area is 302 Å². The number of rotatable bonds is 6. The molecule has 2 heteroatoms. The number of fused-ring (bicyclic) bond motifs is 6. The van der Waals surface area contributed by atoms with Gasteiger partial charge in [-0.05, 0) is 110 Å². The Hall–Kier alpha value is -6.90. The minimum absolute atomic E-state index is 0.867. The summed E-state index contributed by atoms with van der Waals surface area (Å²) in [6.07, 6.45) is 0. The van der Waals surface area contributed by atoms with Crippen molar-refractivity contribution < 1.29 is 4.42 Å². The van der Waals surface area contributed by atoms with Gasteiger partial charge in [0, 0.05) is 16.8 Å². The monoisotopic (exact) mass is 663 g/mol. The molecule has 52 heavy (non-hydrogen) atoms. The lowest BCUT2D eigenvalue weighted by atomic mass is 9.97. The summed E-state index contributed by atoms with van der Waals surface area (Å²) >= 11 is 0. The van der Waals surface area contributed by atoms with Gasteiger partial charge >= 0.3 is 0 Å². The summed E-state index contributed by atoms with van der Waals surface area (Å²) < 4.78 is 6.60. The predicted octanol–water partition coefficient (Wildman–Crippen LogP) is 14.4. The molecular formula is C50H33NO. The second-order valence-electron chi connectivity index (χ2n) is 13.4. The first-order chi connectivity index (χ1) is 25.8. The van der Waals surface area contributed by atoms with Crippen LogP contribution >= 0.6 is 0 Å². The average Bonchev–Trinajstić information content (AvgIpc) is 3.62. The lowest BCUT2D eigenvalue weighted by Gasteiger charge is -2.27. The highest BCUT2D eigenvalue weighted by molar-refractivity contribution is 6.23. The van der Waals surface area contributed by atoms with Gasteiger partial charge in [-0.3, -0.25) is 0 Å². The van der Waals surface area contributed by atoms with E-state index in [-0.39, 0.29) is 0 Å². The van der Waals surface area contributed by atoms with Crippen molar-refractivity contribution in [1.82, 2.24) is 0 Å². The molecule has 0 fully saturated rings. The van der Waals surface area contributed by atoms with E-state index < -0.39 is 0 Å². The Morgan fingerprint density at radius 1 is 0.308 bits per heavy atom. The fraction of sp³-hybridized carbons (Fsp3) is 0. The van der Waals surface area contributed by atoms with Crippen LogP contribution in [0.2, 0.25) is 0 Å². The van der Waals surface area contributed by atoms with Gasteiger partial charge in [0.15, 0.2) is 0 Å². The topological polar surface area (TPSA) is 16.4 Å². The van der Waals surface area contributed by atoms with Crippen molar-refractivity contribution in [2.24, 2.45) is 0 Å². The van der Waals surface area contributed by atoms with Crippen LogP contribution in [0.3, 0.4) is 0 Å². The van der Waals surface area contributed by atoms with E-state index in [1.165, 1.54) is 54.9 Å². The number of hydrogen-bond donors (Lipinski definition) is 0. The van der Waals surface area contributed by atoms with Gasteiger partial charge in [-0.1, -0.05) is 146 Å². The molecular weight excluding hydrogens is 631 g/mol. The normalized spacial score (nSPS) is 11.5. The van der Waals surface area contributed by atoms with Crippen LogP contribution in [0.5, 0.6) is 0 Å². The average molecular weight is 664 g/mol. The van der Waals surface area contributed by atoms with Crippen molar-refractivity contribution >= 4 is 60.5 Å². The first-order valence-electron chi connectivity index (χ1n) is 17.8. The maximum absolute atomic E-state index is 6.60. The molecule has 2 nitrogen and oxygen atoms in total. The highest BCUT2D eigenvalue weighted by Crippen LogP contribution is 2.45. The van der Waals surface area contributed by atoms with Gasteiger partial charge < -0.3 is 9.32 Å². The Balaban J connectivity index is 1.15. The summed E-state index contributed by atoms with van der Waals surface area (Å²) in [6.45, 7) is 0. The number of anilines is 3. The standard InChI is InChI=1S/C50H33NO/c1-3-10-34(11-4-1)37-20-26-43(27-21-37)51(44-28-22-38(23-29-44)40-19-18-36-14-7-8-15-39(36)32-40)46-16-9-17-47-50(46)49-45-30-24-41(35-12-5-2-6-13-35)33-42(45)25-31-48(49)52-47/h1-33H. The Kier molecular flexibility index (Phi) is 7.18. The van der Waals surface area contributed by atoms with Gasteiger partial charge in [-0.15, -0.1) is 0 Å². The van der Waals surface area contributed by atoms with Gasteiger partial charge in [0.25, 0.3) is 0 Å². The molecule has 9 aromatic carbocycles. The molecule has 10 aromatic rings. The maximum atomic E-state index is 6.60. The molecule has 0 aliphatic rings. The Morgan fingerprint density at radius 3 is 1.50 bits per heavy atom. The number of benzene rings is 9. The molecule has 1 heterocycles. The number of hydrogen-bond acceptors (Lipinski definition) is 2. The minimum atomic E-state index is 0.867. The smallest absolute Gasteiger partial charge is 0.137 e. The van der Waals surface area contributed by atoms with Gasteiger partial charge in [-0.25, -0.2) is 0 Å². The molecule has 0 saturated heterocycles. The second kappa shape index (κ2) is 12.5. The quantitative estimate of drug-likeness (QED) is 0.176. The van der Waals surface area contributed by atoms with E-state index in [2.05, 4.69) is 205 Å². The fourth-order valence-electron chi connectivity index (χ4n) is 7.66. The maximum Gasteiger partial charge on any atom is 0.137 e. The predicted molar refractivity (Wildman–Crippen MR) is 220 cm³/mol. The van der Waals surface area contributed by atoms with E-state index in [0.717, 1.165) is 39.0 Å². The van der Waals surface area contributed by atoms with Gasteiger partial charge in [0.05, 0.1) is 11.1 Å². The van der Waals surface area contributed by atoms with Crippen LogP contribution in [-0.4, -0.2) is 0 Å². The van der Waals surface area contributed by atoms with Crippen LogP contribution in [-0.2, 0) is 0 Å². The molecule has 0 N–H and O–H groups in total. The van der Waals surface area contributed by atoms with Crippen LogP contribution in [0, 0.1) is 0 Å². The molecule has 0 amide bonds. The van der Waals surface area contributed by atoms with E-state index >= 15 is 0 Å². The molecule has 244 valence electrons. The van der Waals surface area contributed by atoms with Crippen molar-refractivity contribution in [3.05, 3.63) is 200 Å². The van der Waals surface area contributed by atoms with Crippen LogP contribution in [0.15, 0.2) is 205 Å². The summed E-state index contributed by atoms with van der Waals surface area (Å²) in [5.74, 6) is 0. The Morgan fingerprint density at radius 2 is 0.808 bits per heavy atom. The van der Waals surface area contributed by atoms with Crippen LogP contribution < -0.4 is 4.90 Å². The van der Waals surface area contributed by atoms with Crippen molar-refractivity contribution in [2.75, 3.05) is 4.90 Å². The third kappa shape index (κ3) is 5.21. The van der Waals surface area contributed by atoms with Gasteiger partial charge in [0.1, 0.15) is 11.2 Å². The van der Waals surface area contributed by atoms with Crippen LogP contribution in [0.25, 0.3) is 76.9 Å². The first kappa shape index (κ1) is 30.0. The molecule has 0 atom stereocenters. The van der Waals surface area contributed by atoms with E-state index in [1.54, 1.807) is 0 Å². The molecule has 0 aliphatic heterocycles. The molecule has 0 aliphatic carbocycles. The number of furan rings is 1. The van der Waals surface area contributed by atoms with Crippen molar-refractivity contribution in [3.8, 4) is 33.4 Å². The van der Waals surface area contributed by atoms with Crippen LogP contribution in [0.1, 0.15) is 0 Å². The van der Waals surface area contributed by atoms with Gasteiger partial charge in [0.2, 0.25) is 0 Å². The summed E-state index contributed by atoms with van der Waals surface area (Å²) in [6, 6.07) is 71.6. The molecule has 0 bridgehead atoms. The summed E-state index contributed by atoms with van der Waals surface area (Å²) in [7, 11) is 0. The largest absolute Gasteiger partial charge is 0.456 e. The SMILES string of the molecule is c1ccc(-c2ccc(N(c3ccc(-c4ccc5ccccc5c4)cc3)c3cccc4oc5ccc6cc(-c7ccccc7)ccc6c5c34)cc2)cc1. The van der Waals surface area contributed by atoms with Crippen molar-refractivity contribution in [1.29, 1.82) is 0 Å². The molecule has 1 aromatic heterocycles. The van der Waals surface area contributed by atoms with Gasteiger partial charge in [-0.2, -0.15) is 0 Å². The van der Waals surface area contributed by atoms with Crippen molar-refractivity contribution in [3.63, 3.8) is 0 Å². The third-order valence-corrected chi connectivity index (χ3v) is 10.2. The van der Waals surface area contributed by atoms with Crippen LogP contribution in [0.4, 0.5) is 17.1 Å². The zero-order valence-electron chi connectivity index (χ0n) is 28.4. The lowest BCUT2D eigenvalue weighted by Crippen LogP contribution is -2.10. The second-order valence-corrected chi connectivity index (χ2v) is 13.4. The summed E-state index contributed by atoms with van der Waals surface area (Å²) in [5, 5.41) is 7.07. The summed E-state index contributed by atoms with van der Waals surface area (Å²) in [4.78, 5) is 2.37. The first-order valence-corrected chi connectivity index (χ1v) is 17.8. The highest BCUT2D eigenvalue weighted by atomic mass is 16.3. The zero-order chi connectivity index (χ0) is 34.4. The summed E-state index contributed by atoms with van der Waals surface area (Å²) in [5.41, 5.74) is 12.1. The Bertz CT molecular complexity index is 2870. The number of nitrogens with zero attached hydrogens (tertiary/aromatic N) is 1. The molecule has 0 spiro atoms. The van der Waals surface area contributed by atoms with Crippen molar-refractivity contribution in [2.45, 2.75) is 0 Å². The molecule has 0 radical (unpaired) electrons. The van der Waals surface area contributed by atoms with E-state index in [1.807, 2.05) is 0 Å². The molecule has 10 rings (SSSR count). The minimum Gasteiger partial charge on any atom is -0.456 e. The van der Waals surface area contributed by atoms with E-state index in [9.17, 15) is 0 Å². The van der Waals surface area contributed by atoms with E-state index in [0.29, 0.717) is 0 Å². The molecule has 0 saturated carbocycles. The van der Waals surface area contributed by atoms with E-state index in [4.69, 9.17) is 4.42 Å². The highest BCUT2D eigenvalue weighted by Gasteiger charge is 2.21. The molecule has 0 unspecified atom stereocenters. The fourth-order valence-corrected chi connectivity index (χ4v) is 7.66. The zero-order valence-corrected chi connectivity index (χ0v) is 28.4. The third-order valence-electron chi connectivity index (χ3n) is 10.2.